The monoisotopic (exact) mass is 238 g/mol. The Balaban J connectivity index is 2.03. The number of hydrogen-bond donors (Lipinski definition) is 0. The second-order valence-electron chi connectivity index (χ2n) is 4.35. The van der Waals surface area contributed by atoms with Gasteiger partial charge in [0.05, 0.1) is 0 Å². The Bertz CT molecular complexity index is 677. The first-order chi connectivity index (χ1) is 8.83. The second-order valence-corrected chi connectivity index (χ2v) is 4.35. The average molecular weight is 238 g/mol. The molecule has 0 bridgehead atoms. The lowest BCUT2D eigenvalue weighted by Gasteiger charge is -2.01. The van der Waals surface area contributed by atoms with Gasteiger partial charge < -0.3 is 0 Å². The van der Waals surface area contributed by atoms with Crippen molar-refractivity contribution in [3.63, 3.8) is 0 Å². The highest BCUT2D eigenvalue weighted by atomic mass is 19.1. The summed E-state index contributed by atoms with van der Waals surface area (Å²) in [6.45, 7) is 0.683. The van der Waals surface area contributed by atoms with Crippen LogP contribution < -0.4 is 4.57 Å². The predicted molar refractivity (Wildman–Crippen MR) is 69.6 cm³/mol. The maximum atomic E-state index is 13.9. The van der Waals surface area contributed by atoms with Gasteiger partial charge in [-0.2, -0.15) is 8.96 Å². The number of benzene rings is 2. The number of halogens is 1. The lowest BCUT2D eigenvalue weighted by molar-refractivity contribution is -0.688. The van der Waals surface area contributed by atoms with Gasteiger partial charge in [0.1, 0.15) is 0 Å². The van der Waals surface area contributed by atoms with Gasteiger partial charge >= 0.3 is 0 Å². The maximum Gasteiger partial charge on any atom is 0.205 e. The van der Waals surface area contributed by atoms with Crippen molar-refractivity contribution in [2.45, 2.75) is 6.54 Å². The number of hydrogen-bond acceptors (Lipinski definition) is 0. The van der Waals surface area contributed by atoms with Crippen LogP contribution in [0.5, 0.6) is 0 Å². The fourth-order valence-electron chi connectivity index (χ4n) is 2.14. The highest BCUT2D eigenvalue weighted by Gasteiger charge is 2.09. The minimum Gasteiger partial charge on any atom is -0.200 e. The molecule has 2 heteroatoms. The summed E-state index contributed by atoms with van der Waals surface area (Å²) in [7, 11) is 0. The van der Waals surface area contributed by atoms with Gasteiger partial charge in [-0.3, -0.25) is 0 Å². The molecule has 0 amide bonds. The molecule has 0 aliphatic carbocycles. The molecule has 0 aliphatic rings. The van der Waals surface area contributed by atoms with Crippen molar-refractivity contribution in [2.75, 3.05) is 0 Å². The average Bonchev–Trinajstić information content (AvgIpc) is 2.40. The van der Waals surface area contributed by atoms with E-state index in [1.807, 2.05) is 59.3 Å². The van der Waals surface area contributed by atoms with E-state index in [2.05, 4.69) is 0 Å². The van der Waals surface area contributed by atoms with Gasteiger partial charge in [-0.05, 0) is 6.07 Å². The smallest absolute Gasteiger partial charge is 0.200 e. The van der Waals surface area contributed by atoms with Crippen LogP contribution in [0.3, 0.4) is 0 Å². The molecule has 2 aromatic carbocycles. The number of pyridine rings is 1. The van der Waals surface area contributed by atoms with E-state index in [1.165, 1.54) is 0 Å². The Morgan fingerprint density at radius 2 is 1.56 bits per heavy atom. The summed E-state index contributed by atoms with van der Waals surface area (Å²) >= 11 is 0. The molecule has 0 unspecified atom stereocenters. The Morgan fingerprint density at radius 3 is 2.39 bits per heavy atom. The first-order valence-electron chi connectivity index (χ1n) is 5.94. The lowest BCUT2D eigenvalue weighted by atomic mass is 10.1. The van der Waals surface area contributed by atoms with Gasteiger partial charge in [-0.15, -0.1) is 0 Å². The zero-order valence-corrected chi connectivity index (χ0v) is 9.88. The van der Waals surface area contributed by atoms with E-state index in [0.29, 0.717) is 11.9 Å². The Morgan fingerprint density at radius 1 is 0.833 bits per heavy atom. The topological polar surface area (TPSA) is 3.88 Å². The molecule has 0 aliphatic heterocycles. The molecule has 0 spiro atoms. The normalized spacial score (nSPS) is 10.7. The molecule has 88 valence electrons. The summed E-state index contributed by atoms with van der Waals surface area (Å²) in [6.07, 6.45) is 3.53. The number of nitrogens with zero attached hydrogens (tertiary/aromatic N) is 1. The molecule has 1 nitrogen and oxygen atoms in total. The Kier molecular flexibility index (Phi) is 2.77. The molecule has 0 saturated carbocycles. The summed E-state index contributed by atoms with van der Waals surface area (Å²) in [6, 6.07) is 17.6. The van der Waals surface area contributed by atoms with E-state index in [0.717, 1.165) is 10.9 Å². The van der Waals surface area contributed by atoms with Gasteiger partial charge in [-0.1, -0.05) is 48.5 Å². The molecule has 3 aromatic rings. The van der Waals surface area contributed by atoms with Crippen molar-refractivity contribution in [2.24, 2.45) is 0 Å². The minimum atomic E-state index is -0.177. The minimum absolute atomic E-state index is 0.177. The van der Waals surface area contributed by atoms with Crippen molar-refractivity contribution >= 4 is 10.8 Å². The summed E-state index contributed by atoms with van der Waals surface area (Å²) in [4.78, 5) is 0. The summed E-state index contributed by atoms with van der Waals surface area (Å²) in [5, 5.41) is 1.59. The zero-order valence-electron chi connectivity index (χ0n) is 9.88. The van der Waals surface area contributed by atoms with Crippen LogP contribution in [0.4, 0.5) is 4.39 Å². The standard InChI is InChI=1S/C16H13FN/c17-16-12-18(10-13-6-2-1-3-7-13)11-14-8-4-5-9-15(14)16/h1-9,11-12H,10H2/q+1. The molecule has 1 aromatic heterocycles. The molecule has 0 radical (unpaired) electrons. The molecular formula is C16H13FN+. The number of aromatic nitrogens is 1. The Hall–Kier alpha value is -2.22. The predicted octanol–water partition coefficient (Wildman–Crippen LogP) is 3.31. The first kappa shape index (κ1) is 10.9. The quantitative estimate of drug-likeness (QED) is 0.603. The van der Waals surface area contributed by atoms with Crippen LogP contribution in [-0.2, 0) is 6.54 Å². The summed E-state index contributed by atoms with van der Waals surface area (Å²) in [5.41, 5.74) is 1.16. The molecule has 1 heterocycles. The number of fused-ring (bicyclic) bond motifs is 1. The maximum absolute atomic E-state index is 13.9. The number of rotatable bonds is 2. The van der Waals surface area contributed by atoms with Gasteiger partial charge in [0.2, 0.25) is 6.20 Å². The third-order valence-electron chi connectivity index (χ3n) is 3.01. The highest BCUT2D eigenvalue weighted by Crippen LogP contribution is 2.14. The van der Waals surface area contributed by atoms with E-state index < -0.39 is 0 Å². The Labute approximate surface area is 105 Å². The fourth-order valence-corrected chi connectivity index (χ4v) is 2.14. The van der Waals surface area contributed by atoms with Crippen LogP contribution in [-0.4, -0.2) is 0 Å². The van der Waals surface area contributed by atoms with Crippen LogP contribution >= 0.6 is 0 Å². The third kappa shape index (κ3) is 2.09. The zero-order chi connectivity index (χ0) is 12.4. The van der Waals surface area contributed by atoms with E-state index in [1.54, 1.807) is 12.3 Å². The molecule has 0 N–H and O–H groups in total. The van der Waals surface area contributed by atoms with Crippen molar-refractivity contribution in [3.8, 4) is 0 Å². The fraction of sp³-hybridized carbons (Fsp3) is 0.0625. The van der Waals surface area contributed by atoms with Gasteiger partial charge in [0.15, 0.2) is 18.6 Å². The largest absolute Gasteiger partial charge is 0.205 e. The molecule has 18 heavy (non-hydrogen) atoms. The van der Waals surface area contributed by atoms with E-state index >= 15 is 0 Å². The molecule has 0 atom stereocenters. The van der Waals surface area contributed by atoms with Crippen LogP contribution in [0, 0.1) is 5.82 Å². The summed E-state index contributed by atoms with van der Waals surface area (Å²) in [5.74, 6) is -0.177. The van der Waals surface area contributed by atoms with Gasteiger partial charge in [0.25, 0.3) is 0 Å². The highest BCUT2D eigenvalue weighted by molar-refractivity contribution is 5.81. The SMILES string of the molecule is Fc1c[n+](Cc2ccccc2)cc2ccccc12. The molecule has 3 rings (SSSR count). The van der Waals surface area contributed by atoms with Crippen LogP contribution in [0.15, 0.2) is 67.0 Å². The first-order valence-corrected chi connectivity index (χ1v) is 5.94. The van der Waals surface area contributed by atoms with Crippen molar-refractivity contribution in [1.29, 1.82) is 0 Å². The van der Waals surface area contributed by atoms with Crippen LogP contribution in [0.1, 0.15) is 5.56 Å². The van der Waals surface area contributed by atoms with Crippen LogP contribution in [0.2, 0.25) is 0 Å². The van der Waals surface area contributed by atoms with E-state index in [4.69, 9.17) is 0 Å². The van der Waals surface area contributed by atoms with Gasteiger partial charge in [0, 0.05) is 16.3 Å². The molecular weight excluding hydrogens is 225 g/mol. The third-order valence-corrected chi connectivity index (χ3v) is 3.01. The van der Waals surface area contributed by atoms with E-state index in [-0.39, 0.29) is 5.82 Å². The van der Waals surface area contributed by atoms with Crippen LogP contribution in [0.25, 0.3) is 10.8 Å². The molecule has 0 fully saturated rings. The van der Waals surface area contributed by atoms with Crippen molar-refractivity contribution in [3.05, 3.63) is 78.4 Å². The second kappa shape index (κ2) is 4.57. The lowest BCUT2D eigenvalue weighted by Crippen LogP contribution is -2.34. The summed E-state index contributed by atoms with van der Waals surface area (Å²) < 4.78 is 15.8. The van der Waals surface area contributed by atoms with Crippen molar-refractivity contribution < 1.29 is 8.96 Å². The van der Waals surface area contributed by atoms with Crippen molar-refractivity contribution in [1.82, 2.24) is 0 Å². The molecule has 0 saturated heterocycles. The van der Waals surface area contributed by atoms with E-state index in [9.17, 15) is 4.39 Å². The van der Waals surface area contributed by atoms with Gasteiger partial charge in [-0.25, -0.2) is 0 Å².